The van der Waals surface area contributed by atoms with Crippen molar-refractivity contribution in [2.45, 2.75) is 13.0 Å². The zero-order chi connectivity index (χ0) is 15.8. The van der Waals surface area contributed by atoms with E-state index in [1.807, 2.05) is 61.7 Å². The van der Waals surface area contributed by atoms with Crippen molar-refractivity contribution < 1.29 is 4.79 Å². The number of benzene rings is 2. The second-order valence-electron chi connectivity index (χ2n) is 5.67. The second-order valence-corrected chi connectivity index (χ2v) is 5.67. The van der Waals surface area contributed by atoms with Crippen LogP contribution < -0.4 is 10.7 Å². The first-order chi connectivity index (χ1) is 11.2. The van der Waals surface area contributed by atoms with E-state index >= 15 is 0 Å². The summed E-state index contributed by atoms with van der Waals surface area (Å²) >= 11 is 0. The number of aromatic amines is 1. The number of hydrazone groups is 1. The first-order valence-corrected chi connectivity index (χ1v) is 7.49. The van der Waals surface area contributed by atoms with Crippen molar-refractivity contribution in [3.8, 4) is 0 Å². The molecule has 0 spiro atoms. The minimum atomic E-state index is -0.500. The lowest BCUT2D eigenvalue weighted by molar-refractivity contribution is -0.122. The normalized spacial score (nSPS) is 17.5. The van der Waals surface area contributed by atoms with E-state index in [9.17, 15) is 4.79 Å². The summed E-state index contributed by atoms with van der Waals surface area (Å²) in [5, 5.41) is 8.26. The van der Waals surface area contributed by atoms with E-state index < -0.39 is 6.04 Å². The number of amides is 1. The van der Waals surface area contributed by atoms with Crippen molar-refractivity contribution in [3.63, 3.8) is 0 Å². The molecule has 1 aromatic heterocycles. The van der Waals surface area contributed by atoms with Gasteiger partial charge in [0.2, 0.25) is 0 Å². The molecule has 114 valence electrons. The summed E-state index contributed by atoms with van der Waals surface area (Å²) in [5.41, 5.74) is 6.93. The van der Waals surface area contributed by atoms with Gasteiger partial charge in [0.25, 0.3) is 5.91 Å². The lowest BCUT2D eigenvalue weighted by Gasteiger charge is -2.22. The molecule has 0 saturated heterocycles. The Bertz CT molecular complexity index is 908. The minimum absolute atomic E-state index is 0.111. The number of carbonyl (C=O) groups is 1. The molecular formula is C18H16N4O. The average molecular weight is 304 g/mol. The average Bonchev–Trinajstić information content (AvgIpc) is 2.99. The first kappa shape index (κ1) is 13.6. The van der Waals surface area contributed by atoms with Crippen LogP contribution >= 0.6 is 0 Å². The van der Waals surface area contributed by atoms with Gasteiger partial charge in [-0.05, 0) is 13.0 Å². The van der Waals surface area contributed by atoms with Crippen molar-refractivity contribution in [2.24, 2.45) is 5.10 Å². The summed E-state index contributed by atoms with van der Waals surface area (Å²) < 4.78 is 0. The smallest absolute Gasteiger partial charge is 0.254 e. The maximum Gasteiger partial charge on any atom is 0.254 e. The van der Waals surface area contributed by atoms with E-state index in [2.05, 4.69) is 20.8 Å². The Hall–Kier alpha value is -3.08. The molecular weight excluding hydrogens is 288 g/mol. The molecule has 1 aliphatic rings. The van der Waals surface area contributed by atoms with E-state index in [1.54, 1.807) is 0 Å². The van der Waals surface area contributed by atoms with Gasteiger partial charge in [0.05, 0.1) is 0 Å². The third-order valence-electron chi connectivity index (χ3n) is 4.07. The van der Waals surface area contributed by atoms with Gasteiger partial charge in [-0.1, -0.05) is 48.0 Å². The SMILES string of the molecule is Cc1ccc(C2=NNC(c3c[nH]c4ccccc34)C(=O)N2)cc1. The van der Waals surface area contributed by atoms with Gasteiger partial charge in [0, 0.05) is 28.2 Å². The summed E-state index contributed by atoms with van der Waals surface area (Å²) in [7, 11) is 0. The molecule has 0 radical (unpaired) electrons. The van der Waals surface area contributed by atoms with Gasteiger partial charge in [0.1, 0.15) is 6.04 Å². The van der Waals surface area contributed by atoms with Crippen LogP contribution in [0.25, 0.3) is 10.9 Å². The predicted molar refractivity (Wildman–Crippen MR) is 90.0 cm³/mol. The Morgan fingerprint density at radius 3 is 2.61 bits per heavy atom. The topological polar surface area (TPSA) is 69.3 Å². The Morgan fingerprint density at radius 2 is 1.83 bits per heavy atom. The molecule has 4 rings (SSSR count). The zero-order valence-corrected chi connectivity index (χ0v) is 12.6. The molecule has 5 heteroatoms. The van der Waals surface area contributed by atoms with E-state index in [4.69, 9.17) is 0 Å². The van der Waals surface area contributed by atoms with Crippen LogP contribution in [0.2, 0.25) is 0 Å². The maximum absolute atomic E-state index is 12.5. The number of nitrogens with zero attached hydrogens (tertiary/aromatic N) is 1. The van der Waals surface area contributed by atoms with Crippen molar-refractivity contribution >= 4 is 22.6 Å². The molecule has 1 unspecified atom stereocenters. The summed E-state index contributed by atoms with van der Waals surface area (Å²) in [6, 6.07) is 15.3. The number of carbonyl (C=O) groups excluding carboxylic acids is 1. The van der Waals surface area contributed by atoms with Crippen LogP contribution in [0, 0.1) is 6.92 Å². The fraction of sp³-hybridized carbons (Fsp3) is 0.111. The molecule has 2 heterocycles. The Balaban J connectivity index is 1.66. The second kappa shape index (κ2) is 5.28. The van der Waals surface area contributed by atoms with Gasteiger partial charge in [-0.15, -0.1) is 0 Å². The molecule has 2 aromatic carbocycles. The van der Waals surface area contributed by atoms with Gasteiger partial charge >= 0.3 is 0 Å². The van der Waals surface area contributed by atoms with Gasteiger partial charge in [0.15, 0.2) is 5.84 Å². The third-order valence-corrected chi connectivity index (χ3v) is 4.07. The van der Waals surface area contributed by atoms with Crippen LogP contribution in [-0.2, 0) is 4.79 Å². The summed E-state index contributed by atoms with van der Waals surface area (Å²) in [6.45, 7) is 2.02. The van der Waals surface area contributed by atoms with Crippen molar-refractivity contribution in [2.75, 3.05) is 0 Å². The molecule has 0 aliphatic carbocycles. The summed E-state index contributed by atoms with van der Waals surface area (Å²) in [6.07, 6.45) is 1.86. The third kappa shape index (κ3) is 2.36. The fourth-order valence-electron chi connectivity index (χ4n) is 2.80. The molecule has 3 aromatic rings. The number of aryl methyl sites for hydroxylation is 1. The van der Waals surface area contributed by atoms with Crippen LogP contribution in [0.5, 0.6) is 0 Å². The number of amidine groups is 1. The lowest BCUT2D eigenvalue weighted by Crippen LogP contribution is -2.45. The number of hydrogen-bond donors (Lipinski definition) is 3. The monoisotopic (exact) mass is 304 g/mol. The molecule has 0 fully saturated rings. The van der Waals surface area contributed by atoms with Crippen LogP contribution in [0.3, 0.4) is 0 Å². The van der Waals surface area contributed by atoms with E-state index in [-0.39, 0.29) is 5.91 Å². The molecule has 1 atom stereocenters. The predicted octanol–water partition coefficient (Wildman–Crippen LogP) is 2.60. The highest BCUT2D eigenvalue weighted by Gasteiger charge is 2.28. The maximum atomic E-state index is 12.5. The molecule has 3 N–H and O–H groups in total. The number of H-pyrrole nitrogens is 1. The molecule has 5 nitrogen and oxygen atoms in total. The Morgan fingerprint density at radius 1 is 1.04 bits per heavy atom. The number of hydrogen-bond acceptors (Lipinski definition) is 3. The summed E-state index contributed by atoms with van der Waals surface area (Å²) in [4.78, 5) is 15.7. The number of para-hydroxylation sites is 1. The van der Waals surface area contributed by atoms with E-state index in [0.29, 0.717) is 5.84 Å². The lowest BCUT2D eigenvalue weighted by atomic mass is 10.0. The van der Waals surface area contributed by atoms with Gasteiger partial charge in [-0.3, -0.25) is 10.2 Å². The van der Waals surface area contributed by atoms with E-state index in [1.165, 1.54) is 5.56 Å². The number of fused-ring (bicyclic) bond motifs is 1. The quantitative estimate of drug-likeness (QED) is 0.681. The van der Waals surface area contributed by atoms with Crippen LogP contribution in [-0.4, -0.2) is 16.7 Å². The molecule has 0 bridgehead atoms. The van der Waals surface area contributed by atoms with Crippen molar-refractivity contribution in [1.29, 1.82) is 0 Å². The highest BCUT2D eigenvalue weighted by molar-refractivity contribution is 6.11. The fourth-order valence-corrected chi connectivity index (χ4v) is 2.80. The van der Waals surface area contributed by atoms with Gasteiger partial charge in [-0.2, -0.15) is 5.10 Å². The standard InChI is InChI=1S/C18H16N4O/c1-11-6-8-12(9-7-11)17-20-18(23)16(21-22-17)14-10-19-15-5-3-2-4-13(14)15/h2-10,16,19,21H,1H3,(H,20,22,23). The van der Waals surface area contributed by atoms with Crippen molar-refractivity contribution in [1.82, 2.24) is 15.7 Å². The molecule has 0 saturated carbocycles. The van der Waals surface area contributed by atoms with Crippen LogP contribution in [0.1, 0.15) is 22.7 Å². The zero-order valence-electron chi connectivity index (χ0n) is 12.6. The van der Waals surface area contributed by atoms with E-state index in [0.717, 1.165) is 22.0 Å². The van der Waals surface area contributed by atoms with Crippen molar-refractivity contribution in [3.05, 3.63) is 71.4 Å². The minimum Gasteiger partial charge on any atom is -0.361 e. The Labute approximate surface area is 133 Å². The largest absolute Gasteiger partial charge is 0.361 e. The van der Waals surface area contributed by atoms with Gasteiger partial charge in [-0.25, -0.2) is 0 Å². The van der Waals surface area contributed by atoms with Crippen LogP contribution in [0.15, 0.2) is 59.8 Å². The highest BCUT2D eigenvalue weighted by Crippen LogP contribution is 2.25. The van der Waals surface area contributed by atoms with Crippen LogP contribution in [0.4, 0.5) is 0 Å². The number of aromatic nitrogens is 1. The Kier molecular flexibility index (Phi) is 3.12. The highest BCUT2D eigenvalue weighted by atomic mass is 16.2. The molecule has 1 aliphatic heterocycles. The number of rotatable bonds is 2. The first-order valence-electron chi connectivity index (χ1n) is 7.49. The number of nitrogens with one attached hydrogen (secondary N) is 3. The summed E-state index contributed by atoms with van der Waals surface area (Å²) in [5.74, 6) is 0.436. The molecule has 23 heavy (non-hydrogen) atoms. The van der Waals surface area contributed by atoms with Gasteiger partial charge < -0.3 is 10.3 Å². The molecule has 1 amide bonds.